The Morgan fingerprint density at radius 1 is 1.30 bits per heavy atom. The van der Waals surface area contributed by atoms with Crippen LogP contribution in [0.4, 0.5) is 14.5 Å². The summed E-state index contributed by atoms with van der Waals surface area (Å²) in [4.78, 5) is 14.3. The lowest BCUT2D eigenvalue weighted by Gasteiger charge is -2.20. The van der Waals surface area contributed by atoms with Crippen LogP contribution in [0.1, 0.15) is 29.2 Å². The highest BCUT2D eigenvalue weighted by Crippen LogP contribution is 2.22. The fraction of sp³-hybridized carbons (Fsp3) is 0.308. The van der Waals surface area contributed by atoms with E-state index in [1.54, 1.807) is 6.92 Å². The number of hydrogen-bond acceptors (Lipinski definition) is 4. The van der Waals surface area contributed by atoms with Gasteiger partial charge in [-0.25, -0.2) is 8.78 Å². The normalized spacial score (nSPS) is 10.6. The first-order chi connectivity index (χ1) is 9.58. The predicted octanol–water partition coefficient (Wildman–Crippen LogP) is 3.05. The van der Waals surface area contributed by atoms with E-state index in [1.807, 2.05) is 6.92 Å². The van der Waals surface area contributed by atoms with Crippen LogP contribution in [-0.4, -0.2) is 22.0 Å². The van der Waals surface area contributed by atoms with Crippen molar-refractivity contribution in [2.24, 2.45) is 0 Å². The van der Waals surface area contributed by atoms with Gasteiger partial charge in [0.2, 0.25) is 0 Å². The number of carbonyl (C=O) groups is 1. The van der Waals surface area contributed by atoms with E-state index in [1.165, 1.54) is 11.0 Å². The number of anilines is 1. The third-order valence-electron chi connectivity index (χ3n) is 2.86. The average molecular weight is 297 g/mol. The van der Waals surface area contributed by atoms with Gasteiger partial charge in [-0.1, -0.05) is 11.4 Å². The van der Waals surface area contributed by atoms with Crippen LogP contribution in [0.3, 0.4) is 0 Å². The van der Waals surface area contributed by atoms with Crippen LogP contribution in [0.15, 0.2) is 18.2 Å². The highest BCUT2D eigenvalue weighted by atomic mass is 32.1. The third-order valence-corrected chi connectivity index (χ3v) is 3.62. The molecule has 7 heteroatoms. The van der Waals surface area contributed by atoms with Gasteiger partial charge in [0.05, 0.1) is 5.69 Å². The van der Waals surface area contributed by atoms with Crippen LogP contribution in [0, 0.1) is 11.6 Å². The lowest BCUT2D eigenvalue weighted by Crippen LogP contribution is -2.30. The Hall–Kier alpha value is -1.89. The van der Waals surface area contributed by atoms with E-state index >= 15 is 0 Å². The Morgan fingerprint density at radius 2 is 2.05 bits per heavy atom. The molecule has 4 nitrogen and oxygen atoms in total. The summed E-state index contributed by atoms with van der Waals surface area (Å²) in [5.41, 5.74) is 0.924. The zero-order chi connectivity index (χ0) is 14.7. The van der Waals surface area contributed by atoms with Crippen molar-refractivity contribution < 1.29 is 13.6 Å². The van der Waals surface area contributed by atoms with Crippen molar-refractivity contribution in [1.82, 2.24) is 9.59 Å². The van der Waals surface area contributed by atoms with Crippen LogP contribution < -0.4 is 4.90 Å². The minimum absolute atomic E-state index is 0.301. The lowest BCUT2D eigenvalue weighted by atomic mass is 10.2. The van der Waals surface area contributed by atoms with Gasteiger partial charge >= 0.3 is 0 Å². The second kappa shape index (κ2) is 6.04. The molecule has 0 radical (unpaired) electrons. The molecule has 0 saturated carbocycles. The fourth-order valence-corrected chi connectivity index (χ4v) is 2.52. The largest absolute Gasteiger partial charge is 0.308 e. The summed E-state index contributed by atoms with van der Waals surface area (Å²) in [5, 5.41) is 3.88. The molecule has 2 rings (SSSR count). The first-order valence-electron chi connectivity index (χ1n) is 6.16. The van der Waals surface area contributed by atoms with Crippen molar-refractivity contribution in [2.75, 3.05) is 11.4 Å². The Labute approximate surface area is 119 Å². The molecule has 0 atom stereocenters. The van der Waals surface area contributed by atoms with Gasteiger partial charge in [0, 0.05) is 18.3 Å². The summed E-state index contributed by atoms with van der Waals surface area (Å²) in [6.07, 6.45) is 0.590. The van der Waals surface area contributed by atoms with Crippen LogP contribution in [-0.2, 0) is 6.42 Å². The van der Waals surface area contributed by atoms with Gasteiger partial charge < -0.3 is 4.90 Å². The van der Waals surface area contributed by atoms with Gasteiger partial charge in [-0.2, -0.15) is 0 Å². The number of hydrogen-bond donors (Lipinski definition) is 0. The van der Waals surface area contributed by atoms with Crippen molar-refractivity contribution >= 4 is 23.1 Å². The smallest absolute Gasteiger partial charge is 0.271 e. The average Bonchev–Trinajstić information content (AvgIpc) is 2.91. The number of benzene rings is 1. The second-order valence-corrected chi connectivity index (χ2v) is 4.80. The molecule has 1 heterocycles. The second-order valence-electron chi connectivity index (χ2n) is 4.05. The summed E-state index contributed by atoms with van der Waals surface area (Å²) >= 11 is 1.01. The quantitative estimate of drug-likeness (QED) is 0.871. The molecule has 1 amide bonds. The minimum atomic E-state index is -0.980. The highest BCUT2D eigenvalue weighted by Gasteiger charge is 2.22. The molecular weight excluding hydrogens is 284 g/mol. The van der Waals surface area contributed by atoms with Gasteiger partial charge in [0.1, 0.15) is 4.88 Å². The van der Waals surface area contributed by atoms with Crippen molar-refractivity contribution in [3.63, 3.8) is 0 Å². The monoisotopic (exact) mass is 297 g/mol. The highest BCUT2D eigenvalue weighted by molar-refractivity contribution is 7.08. The zero-order valence-corrected chi connectivity index (χ0v) is 11.9. The standard InChI is InChI=1S/C13H13F2N3OS/c1-3-11-12(20-17-16-11)13(19)18(4-2)8-5-6-9(14)10(15)7-8/h5-7H,3-4H2,1-2H3. The molecule has 0 saturated heterocycles. The van der Waals surface area contributed by atoms with E-state index in [9.17, 15) is 13.6 Å². The fourth-order valence-electron chi connectivity index (χ4n) is 1.82. The van der Waals surface area contributed by atoms with Crippen LogP contribution >= 0.6 is 11.5 Å². The van der Waals surface area contributed by atoms with Crippen LogP contribution in [0.5, 0.6) is 0 Å². The zero-order valence-electron chi connectivity index (χ0n) is 11.1. The molecule has 106 valence electrons. The number of rotatable bonds is 4. The molecule has 1 aromatic heterocycles. The molecule has 1 aromatic carbocycles. The third kappa shape index (κ3) is 2.67. The topological polar surface area (TPSA) is 46.1 Å². The maximum absolute atomic E-state index is 13.3. The minimum Gasteiger partial charge on any atom is -0.308 e. The number of halogens is 2. The Morgan fingerprint density at radius 3 is 2.65 bits per heavy atom. The van der Waals surface area contributed by atoms with Crippen LogP contribution in [0.25, 0.3) is 0 Å². The molecular formula is C13H13F2N3OS. The van der Waals surface area contributed by atoms with Crippen molar-refractivity contribution in [3.8, 4) is 0 Å². The predicted molar refractivity (Wildman–Crippen MR) is 73.0 cm³/mol. The number of carbonyl (C=O) groups excluding carboxylic acids is 1. The van der Waals surface area contributed by atoms with E-state index in [4.69, 9.17) is 0 Å². The number of aryl methyl sites for hydroxylation is 1. The van der Waals surface area contributed by atoms with Gasteiger partial charge in [0.25, 0.3) is 5.91 Å². The Kier molecular flexibility index (Phi) is 4.39. The number of aromatic nitrogens is 2. The van der Waals surface area contributed by atoms with E-state index < -0.39 is 11.6 Å². The molecule has 0 unspecified atom stereocenters. The molecule has 0 fully saturated rings. The molecule has 20 heavy (non-hydrogen) atoms. The molecule has 0 aliphatic carbocycles. The lowest BCUT2D eigenvalue weighted by molar-refractivity contribution is 0.0991. The van der Waals surface area contributed by atoms with Crippen molar-refractivity contribution in [2.45, 2.75) is 20.3 Å². The Bertz CT molecular complexity index is 630. The maximum atomic E-state index is 13.3. The summed E-state index contributed by atoms with van der Waals surface area (Å²) in [5.74, 6) is -2.22. The van der Waals surface area contributed by atoms with Gasteiger partial charge in [-0.15, -0.1) is 5.10 Å². The molecule has 0 aliphatic rings. The first-order valence-corrected chi connectivity index (χ1v) is 6.94. The molecule has 0 N–H and O–H groups in total. The van der Waals surface area contributed by atoms with E-state index in [-0.39, 0.29) is 5.91 Å². The SMILES string of the molecule is CCc1nnsc1C(=O)N(CC)c1ccc(F)c(F)c1. The van der Waals surface area contributed by atoms with Crippen LogP contribution in [0.2, 0.25) is 0 Å². The maximum Gasteiger partial charge on any atom is 0.271 e. The molecule has 2 aromatic rings. The summed E-state index contributed by atoms with van der Waals surface area (Å²) in [7, 11) is 0. The van der Waals surface area contributed by atoms with Gasteiger partial charge in [-0.05, 0) is 37.0 Å². The number of nitrogens with zero attached hydrogens (tertiary/aromatic N) is 3. The van der Waals surface area contributed by atoms with E-state index in [2.05, 4.69) is 9.59 Å². The van der Waals surface area contributed by atoms with E-state index in [0.717, 1.165) is 23.7 Å². The summed E-state index contributed by atoms with van der Waals surface area (Å²) in [6, 6.07) is 3.39. The summed E-state index contributed by atoms with van der Waals surface area (Å²) < 4.78 is 30.0. The van der Waals surface area contributed by atoms with Gasteiger partial charge in [-0.3, -0.25) is 4.79 Å². The van der Waals surface area contributed by atoms with Gasteiger partial charge in [0.15, 0.2) is 11.6 Å². The van der Waals surface area contributed by atoms with E-state index in [0.29, 0.717) is 29.2 Å². The summed E-state index contributed by atoms with van der Waals surface area (Å²) in [6.45, 7) is 3.98. The first kappa shape index (κ1) is 14.5. The number of amides is 1. The molecule has 0 spiro atoms. The molecule has 0 bridgehead atoms. The van der Waals surface area contributed by atoms with Crippen molar-refractivity contribution in [1.29, 1.82) is 0 Å². The Balaban J connectivity index is 2.36. The molecule has 0 aliphatic heterocycles. The van der Waals surface area contributed by atoms with Crippen molar-refractivity contribution in [3.05, 3.63) is 40.4 Å².